The molecule has 1 saturated carbocycles. The van der Waals surface area contributed by atoms with E-state index in [-0.39, 0.29) is 0 Å². The Morgan fingerprint density at radius 1 is 1.59 bits per heavy atom. The summed E-state index contributed by atoms with van der Waals surface area (Å²) in [5, 5.41) is 4.92. The topological polar surface area (TPSA) is 17.8 Å². The number of rotatable bonds is 3. The summed E-state index contributed by atoms with van der Waals surface area (Å²) in [5.74, 6) is 0. The number of hydrogen-bond acceptors (Lipinski definition) is 1. The van der Waals surface area contributed by atoms with Gasteiger partial charge in [-0.25, -0.2) is 0 Å². The average molecular weight is 320 g/mol. The van der Waals surface area contributed by atoms with Crippen molar-refractivity contribution in [2.24, 2.45) is 12.5 Å². The molecule has 0 spiro atoms. The molecule has 2 unspecified atom stereocenters. The second kappa shape index (κ2) is 4.93. The lowest BCUT2D eigenvalue weighted by Gasteiger charge is -2.23. The van der Waals surface area contributed by atoms with Crippen LogP contribution in [-0.4, -0.2) is 15.2 Å². The number of hydrogen-bond donors (Lipinski definition) is 0. The lowest BCUT2D eigenvalue weighted by Crippen LogP contribution is -2.18. The minimum atomic E-state index is 0.341. The van der Waals surface area contributed by atoms with Gasteiger partial charge in [0, 0.05) is 12.4 Å². The van der Waals surface area contributed by atoms with Crippen molar-refractivity contribution in [2.75, 3.05) is 0 Å². The van der Waals surface area contributed by atoms with Gasteiger partial charge in [0.1, 0.15) is 0 Å². The Balaban J connectivity index is 2.21. The third kappa shape index (κ3) is 2.70. The van der Waals surface area contributed by atoms with E-state index in [0.717, 1.165) is 31.4 Å². The molecule has 0 bridgehead atoms. The van der Waals surface area contributed by atoms with Gasteiger partial charge in [0.05, 0.1) is 15.9 Å². The Morgan fingerprint density at radius 2 is 2.29 bits per heavy atom. The predicted molar refractivity (Wildman–Crippen MR) is 75.6 cm³/mol. The standard InChI is InChI=1S/C13H20BrClN2/c1-4-10-12(14)11(17(3)16-10)8-13(2)6-5-9(15)7-13/h9H,4-8H2,1-3H3. The van der Waals surface area contributed by atoms with E-state index in [9.17, 15) is 0 Å². The van der Waals surface area contributed by atoms with Crippen molar-refractivity contribution in [1.29, 1.82) is 0 Å². The quantitative estimate of drug-likeness (QED) is 0.767. The zero-order valence-electron chi connectivity index (χ0n) is 10.8. The van der Waals surface area contributed by atoms with Crippen LogP contribution in [-0.2, 0) is 19.9 Å². The van der Waals surface area contributed by atoms with Crippen LogP contribution in [0.15, 0.2) is 4.47 Å². The maximum absolute atomic E-state index is 6.24. The van der Waals surface area contributed by atoms with Gasteiger partial charge in [0.2, 0.25) is 0 Å². The molecule has 1 fully saturated rings. The minimum absolute atomic E-state index is 0.341. The molecule has 1 aliphatic rings. The van der Waals surface area contributed by atoms with E-state index < -0.39 is 0 Å². The summed E-state index contributed by atoms with van der Waals surface area (Å²) in [7, 11) is 2.04. The van der Waals surface area contributed by atoms with Crippen LogP contribution in [0.2, 0.25) is 0 Å². The van der Waals surface area contributed by atoms with Crippen molar-refractivity contribution in [1.82, 2.24) is 9.78 Å². The summed E-state index contributed by atoms with van der Waals surface area (Å²) in [6.07, 6.45) is 5.53. The van der Waals surface area contributed by atoms with Gasteiger partial charge in [-0.05, 0) is 53.4 Å². The number of aryl methyl sites for hydroxylation is 2. The Bertz CT molecular complexity index is 416. The maximum atomic E-state index is 6.24. The van der Waals surface area contributed by atoms with E-state index in [1.807, 2.05) is 11.7 Å². The largest absolute Gasteiger partial charge is 0.271 e. The molecule has 0 N–H and O–H groups in total. The van der Waals surface area contributed by atoms with E-state index in [2.05, 4.69) is 34.9 Å². The summed E-state index contributed by atoms with van der Waals surface area (Å²) in [6.45, 7) is 4.49. The Labute approximate surface area is 117 Å². The molecule has 17 heavy (non-hydrogen) atoms. The van der Waals surface area contributed by atoms with Crippen LogP contribution < -0.4 is 0 Å². The third-order valence-electron chi connectivity index (χ3n) is 3.87. The van der Waals surface area contributed by atoms with Crippen LogP contribution in [0.5, 0.6) is 0 Å². The highest BCUT2D eigenvalue weighted by Gasteiger charge is 2.35. The molecule has 2 rings (SSSR count). The third-order valence-corrected chi connectivity index (χ3v) is 5.16. The Kier molecular flexibility index (Phi) is 3.89. The maximum Gasteiger partial charge on any atom is 0.0766 e. The lowest BCUT2D eigenvalue weighted by molar-refractivity contribution is 0.326. The van der Waals surface area contributed by atoms with Crippen LogP contribution in [0.4, 0.5) is 0 Å². The molecule has 2 atom stereocenters. The van der Waals surface area contributed by atoms with Crippen molar-refractivity contribution in [3.8, 4) is 0 Å². The predicted octanol–water partition coefficient (Wildman–Crippen LogP) is 4.09. The molecule has 1 aromatic heterocycles. The van der Waals surface area contributed by atoms with Crippen molar-refractivity contribution in [3.63, 3.8) is 0 Å². The molecule has 1 aromatic rings. The second-order valence-electron chi connectivity index (χ2n) is 5.51. The summed E-state index contributed by atoms with van der Waals surface area (Å²) in [6, 6.07) is 0. The van der Waals surface area contributed by atoms with E-state index in [1.165, 1.54) is 16.6 Å². The first-order chi connectivity index (χ1) is 7.95. The van der Waals surface area contributed by atoms with Crippen LogP contribution >= 0.6 is 27.5 Å². The fraction of sp³-hybridized carbons (Fsp3) is 0.769. The summed E-state index contributed by atoms with van der Waals surface area (Å²) in [4.78, 5) is 0. The first-order valence-electron chi connectivity index (χ1n) is 6.29. The van der Waals surface area contributed by atoms with Crippen molar-refractivity contribution in [3.05, 3.63) is 15.9 Å². The average Bonchev–Trinajstić information content (AvgIpc) is 2.73. The molecule has 0 saturated heterocycles. The minimum Gasteiger partial charge on any atom is -0.271 e. The van der Waals surface area contributed by atoms with Crippen molar-refractivity contribution >= 4 is 27.5 Å². The molecule has 1 aliphatic carbocycles. The first kappa shape index (κ1) is 13.4. The number of halogens is 2. The summed E-state index contributed by atoms with van der Waals surface area (Å²) < 4.78 is 3.22. The monoisotopic (exact) mass is 318 g/mol. The number of nitrogens with zero attached hydrogens (tertiary/aromatic N) is 2. The van der Waals surface area contributed by atoms with Gasteiger partial charge in [0.15, 0.2) is 0 Å². The van der Waals surface area contributed by atoms with Gasteiger partial charge in [0.25, 0.3) is 0 Å². The van der Waals surface area contributed by atoms with E-state index in [1.54, 1.807) is 0 Å². The fourth-order valence-electron chi connectivity index (χ4n) is 2.82. The molecular weight excluding hydrogens is 300 g/mol. The zero-order valence-corrected chi connectivity index (χ0v) is 13.1. The summed E-state index contributed by atoms with van der Waals surface area (Å²) >= 11 is 9.93. The van der Waals surface area contributed by atoms with Crippen molar-refractivity contribution < 1.29 is 0 Å². The van der Waals surface area contributed by atoms with Crippen LogP contribution in [0.25, 0.3) is 0 Å². The molecule has 96 valence electrons. The highest BCUT2D eigenvalue weighted by atomic mass is 79.9. The zero-order chi connectivity index (χ0) is 12.6. The Morgan fingerprint density at radius 3 is 2.76 bits per heavy atom. The van der Waals surface area contributed by atoms with Gasteiger partial charge >= 0.3 is 0 Å². The number of aromatic nitrogens is 2. The van der Waals surface area contributed by atoms with Crippen LogP contribution in [0.1, 0.15) is 44.5 Å². The molecule has 0 aliphatic heterocycles. The van der Waals surface area contributed by atoms with E-state index in [0.29, 0.717) is 10.8 Å². The molecule has 0 amide bonds. The summed E-state index contributed by atoms with van der Waals surface area (Å²) in [5.41, 5.74) is 2.81. The van der Waals surface area contributed by atoms with Gasteiger partial charge in [-0.3, -0.25) is 4.68 Å². The van der Waals surface area contributed by atoms with Gasteiger partial charge in [-0.1, -0.05) is 13.8 Å². The smallest absolute Gasteiger partial charge is 0.0766 e. The van der Waals surface area contributed by atoms with Crippen LogP contribution in [0.3, 0.4) is 0 Å². The fourth-order valence-corrected chi connectivity index (χ4v) is 4.06. The van der Waals surface area contributed by atoms with E-state index in [4.69, 9.17) is 11.6 Å². The van der Waals surface area contributed by atoms with Gasteiger partial charge < -0.3 is 0 Å². The molecule has 0 radical (unpaired) electrons. The SMILES string of the molecule is CCc1nn(C)c(CC2(C)CCC(Cl)C2)c1Br. The highest BCUT2D eigenvalue weighted by Crippen LogP contribution is 2.43. The first-order valence-corrected chi connectivity index (χ1v) is 7.52. The number of alkyl halides is 1. The molecule has 1 heterocycles. The normalized spacial score (nSPS) is 28.9. The van der Waals surface area contributed by atoms with E-state index >= 15 is 0 Å². The molecule has 4 heteroatoms. The van der Waals surface area contributed by atoms with Gasteiger partial charge in [-0.2, -0.15) is 5.10 Å². The van der Waals surface area contributed by atoms with Crippen molar-refractivity contribution in [2.45, 2.75) is 51.3 Å². The second-order valence-corrected chi connectivity index (χ2v) is 6.92. The molecular formula is C13H20BrClN2. The molecule has 2 nitrogen and oxygen atoms in total. The Hall–Kier alpha value is -0.0200. The molecule has 0 aromatic carbocycles. The highest BCUT2D eigenvalue weighted by molar-refractivity contribution is 9.10. The van der Waals surface area contributed by atoms with Gasteiger partial charge in [-0.15, -0.1) is 11.6 Å². The lowest BCUT2D eigenvalue weighted by atomic mass is 9.84. The van der Waals surface area contributed by atoms with Crippen LogP contribution in [0, 0.1) is 5.41 Å².